The van der Waals surface area contributed by atoms with E-state index in [1.54, 1.807) is 19.2 Å². The Morgan fingerprint density at radius 2 is 2.21 bits per heavy atom. The van der Waals surface area contributed by atoms with Crippen molar-refractivity contribution in [3.05, 3.63) is 38.9 Å². The molecule has 0 saturated carbocycles. The van der Waals surface area contributed by atoms with Crippen LogP contribution in [0.3, 0.4) is 0 Å². The van der Waals surface area contributed by atoms with Crippen LogP contribution in [0, 0.1) is 6.92 Å². The Morgan fingerprint density at radius 1 is 1.50 bits per heavy atom. The Kier molecular flexibility index (Phi) is 2.03. The maximum absolute atomic E-state index is 11.7. The summed E-state index contributed by atoms with van der Waals surface area (Å²) < 4.78 is 2.24. The van der Waals surface area contributed by atoms with Crippen LogP contribution in [-0.2, 0) is 0 Å². The number of aryl methyl sites for hydroxylation is 1. The van der Waals surface area contributed by atoms with Crippen LogP contribution in [-0.4, -0.2) is 9.38 Å². The van der Waals surface area contributed by atoms with Gasteiger partial charge in [-0.2, -0.15) is 0 Å². The zero-order valence-electron chi connectivity index (χ0n) is 7.49. The van der Waals surface area contributed by atoms with Crippen LogP contribution in [0.25, 0.3) is 5.65 Å². The predicted molar refractivity (Wildman–Crippen MR) is 58.3 cm³/mol. The topological polar surface area (TPSA) is 60.4 Å². The third-order valence-electron chi connectivity index (χ3n) is 2.01. The molecule has 0 unspecified atom stereocenters. The SMILES string of the molecule is Cc1nc2ccc(Br)cn2c(=O)c1N. The standard InChI is InChI=1S/C9H8BrN3O/c1-5-8(11)9(14)13-4-6(10)2-3-7(13)12-5/h2-4H,11H2,1H3. The lowest BCUT2D eigenvalue weighted by Crippen LogP contribution is -2.20. The van der Waals surface area contributed by atoms with Crippen LogP contribution < -0.4 is 11.3 Å². The van der Waals surface area contributed by atoms with Crippen molar-refractivity contribution in [2.24, 2.45) is 0 Å². The molecule has 2 rings (SSSR count). The van der Waals surface area contributed by atoms with Gasteiger partial charge in [-0.3, -0.25) is 9.20 Å². The predicted octanol–water partition coefficient (Wildman–Crippen LogP) is 1.35. The summed E-state index contributed by atoms with van der Waals surface area (Å²) in [6.07, 6.45) is 1.65. The first-order chi connectivity index (χ1) is 6.59. The third kappa shape index (κ3) is 1.29. The van der Waals surface area contributed by atoms with Gasteiger partial charge >= 0.3 is 0 Å². The fourth-order valence-electron chi connectivity index (χ4n) is 1.24. The van der Waals surface area contributed by atoms with Crippen molar-refractivity contribution in [2.75, 3.05) is 5.73 Å². The summed E-state index contributed by atoms with van der Waals surface area (Å²) in [6.45, 7) is 1.72. The summed E-state index contributed by atoms with van der Waals surface area (Å²) in [5.41, 5.74) is 6.72. The van der Waals surface area contributed by atoms with Crippen molar-refractivity contribution in [3.63, 3.8) is 0 Å². The second-order valence-electron chi connectivity index (χ2n) is 2.99. The van der Waals surface area contributed by atoms with Gasteiger partial charge in [0.15, 0.2) is 0 Å². The summed E-state index contributed by atoms with van der Waals surface area (Å²) in [5, 5.41) is 0. The highest BCUT2D eigenvalue weighted by atomic mass is 79.9. The van der Waals surface area contributed by atoms with Gasteiger partial charge in [0, 0.05) is 10.7 Å². The minimum Gasteiger partial charge on any atom is -0.393 e. The fourth-order valence-corrected chi connectivity index (χ4v) is 1.57. The lowest BCUT2D eigenvalue weighted by Gasteiger charge is -2.03. The van der Waals surface area contributed by atoms with Gasteiger partial charge < -0.3 is 5.73 Å². The molecule has 72 valence electrons. The average Bonchev–Trinajstić information content (AvgIpc) is 2.16. The minimum absolute atomic E-state index is 0.195. The van der Waals surface area contributed by atoms with E-state index in [4.69, 9.17) is 5.73 Å². The summed E-state index contributed by atoms with van der Waals surface area (Å²) in [4.78, 5) is 15.9. The Labute approximate surface area is 88.5 Å². The van der Waals surface area contributed by atoms with E-state index in [1.807, 2.05) is 6.07 Å². The van der Waals surface area contributed by atoms with Gasteiger partial charge in [-0.15, -0.1) is 0 Å². The zero-order valence-corrected chi connectivity index (χ0v) is 9.08. The van der Waals surface area contributed by atoms with E-state index in [-0.39, 0.29) is 11.2 Å². The number of anilines is 1. The van der Waals surface area contributed by atoms with Crippen LogP contribution in [0.1, 0.15) is 5.69 Å². The molecule has 0 radical (unpaired) electrons. The molecule has 0 aromatic carbocycles. The van der Waals surface area contributed by atoms with E-state index < -0.39 is 0 Å². The van der Waals surface area contributed by atoms with Gasteiger partial charge in [0.25, 0.3) is 5.56 Å². The number of nitrogens with two attached hydrogens (primary N) is 1. The Morgan fingerprint density at radius 3 is 2.93 bits per heavy atom. The molecule has 0 saturated heterocycles. The molecule has 4 nitrogen and oxygen atoms in total. The number of nitrogen functional groups attached to an aromatic ring is 1. The first-order valence-corrected chi connectivity index (χ1v) is 4.83. The number of rotatable bonds is 0. The van der Waals surface area contributed by atoms with Crippen molar-refractivity contribution in [1.29, 1.82) is 0 Å². The van der Waals surface area contributed by atoms with Crippen LogP contribution in [0.5, 0.6) is 0 Å². The lowest BCUT2D eigenvalue weighted by atomic mass is 10.3. The summed E-state index contributed by atoms with van der Waals surface area (Å²) >= 11 is 3.28. The van der Waals surface area contributed by atoms with Crippen molar-refractivity contribution >= 4 is 27.3 Å². The van der Waals surface area contributed by atoms with Gasteiger partial charge in [-0.1, -0.05) is 0 Å². The monoisotopic (exact) mass is 253 g/mol. The van der Waals surface area contributed by atoms with Crippen molar-refractivity contribution in [1.82, 2.24) is 9.38 Å². The highest BCUT2D eigenvalue weighted by Crippen LogP contribution is 2.11. The Hall–Kier alpha value is -1.36. The molecular weight excluding hydrogens is 246 g/mol. The molecule has 0 atom stereocenters. The normalized spacial score (nSPS) is 10.7. The third-order valence-corrected chi connectivity index (χ3v) is 2.48. The highest BCUT2D eigenvalue weighted by molar-refractivity contribution is 9.10. The second-order valence-corrected chi connectivity index (χ2v) is 3.91. The molecule has 2 heterocycles. The van der Waals surface area contributed by atoms with Crippen molar-refractivity contribution < 1.29 is 0 Å². The van der Waals surface area contributed by atoms with E-state index in [0.29, 0.717) is 11.3 Å². The van der Waals surface area contributed by atoms with Crippen LogP contribution in [0.15, 0.2) is 27.6 Å². The lowest BCUT2D eigenvalue weighted by molar-refractivity contribution is 1.02. The molecule has 0 spiro atoms. The summed E-state index contributed by atoms with van der Waals surface area (Å²) in [6, 6.07) is 3.59. The molecule has 2 aromatic rings. The Bertz CT molecular complexity index is 562. The number of aromatic nitrogens is 2. The number of hydrogen-bond donors (Lipinski definition) is 1. The molecule has 0 bridgehead atoms. The second kappa shape index (κ2) is 3.09. The van der Waals surface area contributed by atoms with Gasteiger partial charge in [-0.05, 0) is 35.0 Å². The quantitative estimate of drug-likeness (QED) is 0.771. The molecular formula is C9H8BrN3O. The smallest absolute Gasteiger partial charge is 0.281 e. The van der Waals surface area contributed by atoms with Gasteiger partial charge in [0.05, 0.1) is 5.69 Å². The number of halogens is 1. The maximum atomic E-state index is 11.7. The fraction of sp³-hybridized carbons (Fsp3) is 0.111. The van der Waals surface area contributed by atoms with Crippen molar-refractivity contribution in [2.45, 2.75) is 6.92 Å². The molecule has 2 N–H and O–H groups in total. The van der Waals surface area contributed by atoms with E-state index in [9.17, 15) is 4.79 Å². The molecule has 0 aliphatic carbocycles. The Balaban J connectivity index is 2.99. The first kappa shape index (κ1) is 9.21. The molecule has 5 heteroatoms. The number of nitrogens with zero attached hydrogens (tertiary/aromatic N) is 2. The molecule has 14 heavy (non-hydrogen) atoms. The molecule has 0 fully saturated rings. The van der Waals surface area contributed by atoms with Crippen LogP contribution >= 0.6 is 15.9 Å². The zero-order chi connectivity index (χ0) is 10.3. The number of hydrogen-bond acceptors (Lipinski definition) is 3. The largest absolute Gasteiger partial charge is 0.393 e. The number of fused-ring (bicyclic) bond motifs is 1. The molecule has 0 aliphatic rings. The first-order valence-electron chi connectivity index (χ1n) is 4.03. The molecule has 0 aliphatic heterocycles. The molecule has 2 aromatic heterocycles. The van der Waals surface area contributed by atoms with E-state index in [1.165, 1.54) is 4.40 Å². The summed E-state index contributed by atoms with van der Waals surface area (Å²) in [5.74, 6) is 0. The van der Waals surface area contributed by atoms with E-state index >= 15 is 0 Å². The van der Waals surface area contributed by atoms with Gasteiger partial charge in [-0.25, -0.2) is 4.98 Å². The van der Waals surface area contributed by atoms with Gasteiger partial charge in [0.2, 0.25) is 0 Å². The van der Waals surface area contributed by atoms with Crippen LogP contribution in [0.4, 0.5) is 5.69 Å². The van der Waals surface area contributed by atoms with E-state index in [2.05, 4.69) is 20.9 Å². The summed E-state index contributed by atoms with van der Waals surface area (Å²) in [7, 11) is 0. The van der Waals surface area contributed by atoms with Crippen LogP contribution in [0.2, 0.25) is 0 Å². The average molecular weight is 254 g/mol. The van der Waals surface area contributed by atoms with Gasteiger partial charge in [0.1, 0.15) is 11.3 Å². The highest BCUT2D eigenvalue weighted by Gasteiger charge is 2.05. The van der Waals surface area contributed by atoms with Crippen molar-refractivity contribution in [3.8, 4) is 0 Å². The van der Waals surface area contributed by atoms with E-state index in [0.717, 1.165) is 4.47 Å². The minimum atomic E-state index is -0.228. The number of pyridine rings is 1. The maximum Gasteiger partial charge on any atom is 0.281 e. The molecule has 0 amide bonds.